The molecule has 0 fully saturated rings. The molecule has 0 aliphatic carbocycles. The minimum atomic E-state index is -3.94. The van der Waals surface area contributed by atoms with Gasteiger partial charge in [-0.25, -0.2) is 8.42 Å². The summed E-state index contributed by atoms with van der Waals surface area (Å²) in [6, 6.07) is 9.58. The van der Waals surface area contributed by atoms with Gasteiger partial charge < -0.3 is 9.90 Å². The van der Waals surface area contributed by atoms with Crippen molar-refractivity contribution in [2.45, 2.75) is 44.9 Å². The lowest BCUT2D eigenvalue weighted by atomic mass is 9.85. The van der Waals surface area contributed by atoms with Crippen LogP contribution in [0.4, 0.5) is 5.69 Å². The van der Waals surface area contributed by atoms with Crippen molar-refractivity contribution in [1.29, 1.82) is 0 Å². The van der Waals surface area contributed by atoms with Gasteiger partial charge in [-0.1, -0.05) is 45.0 Å². The number of carbonyl (C=O) groups excluding carboxylic acids is 1. The zero-order valence-electron chi connectivity index (χ0n) is 16.0. The molecule has 0 spiro atoms. The summed E-state index contributed by atoms with van der Waals surface area (Å²) in [4.78, 5) is 11.5. The second-order valence-corrected chi connectivity index (χ2v) is 9.38. The third-order valence-corrected chi connectivity index (χ3v) is 6.49. The molecule has 0 aliphatic heterocycles. The van der Waals surface area contributed by atoms with Crippen LogP contribution in [0.25, 0.3) is 0 Å². The molecule has 0 amide bonds. The van der Waals surface area contributed by atoms with Crippen molar-refractivity contribution in [2.24, 2.45) is 0 Å². The van der Waals surface area contributed by atoms with E-state index in [4.69, 9.17) is 0 Å². The second kappa shape index (κ2) is 6.76. The van der Waals surface area contributed by atoms with Gasteiger partial charge in [0, 0.05) is 12.6 Å². The van der Waals surface area contributed by atoms with Gasteiger partial charge in [0.05, 0.1) is 16.6 Å². The first-order chi connectivity index (χ1) is 11.9. The summed E-state index contributed by atoms with van der Waals surface area (Å²) in [7, 11) is -2.58. The van der Waals surface area contributed by atoms with Crippen LogP contribution in [-0.4, -0.2) is 21.4 Å². The molecule has 26 heavy (non-hydrogen) atoms. The molecule has 2 aromatic carbocycles. The molecule has 0 saturated carbocycles. The van der Waals surface area contributed by atoms with Gasteiger partial charge in [-0.15, -0.1) is 0 Å². The smallest absolute Gasteiger partial charge is 0.264 e. The van der Waals surface area contributed by atoms with Gasteiger partial charge in [-0.05, 0) is 48.1 Å². The number of carboxylic acids is 1. The maximum Gasteiger partial charge on any atom is 0.264 e. The lowest BCUT2D eigenvalue weighted by Gasteiger charge is -2.26. The second-order valence-electron chi connectivity index (χ2n) is 7.44. The van der Waals surface area contributed by atoms with Crippen molar-refractivity contribution < 1.29 is 18.3 Å². The van der Waals surface area contributed by atoms with Crippen molar-refractivity contribution in [1.82, 2.24) is 0 Å². The molecule has 140 valence electrons. The zero-order chi connectivity index (χ0) is 19.9. The van der Waals surface area contributed by atoms with E-state index in [9.17, 15) is 18.3 Å². The zero-order valence-corrected chi connectivity index (χ0v) is 16.8. The summed E-state index contributed by atoms with van der Waals surface area (Å²) in [5.74, 6) is -1.42. The minimum absolute atomic E-state index is 0.0747. The van der Waals surface area contributed by atoms with Gasteiger partial charge in [0.15, 0.2) is 0 Å². The molecule has 0 aromatic heterocycles. The maximum absolute atomic E-state index is 13.3. The largest absolute Gasteiger partial charge is 0.545 e. The lowest BCUT2D eigenvalue weighted by molar-refractivity contribution is -0.254. The predicted molar refractivity (Wildman–Crippen MR) is 101 cm³/mol. The molecule has 2 rings (SSSR count). The standard InChI is InChI=1S/C20H25NO4S/c1-13-11-15(20(3,4)5)12-18(14(13)2)26(24,25)21(6)17-10-8-7-9-16(17)19(22)23/h7-12H,1-6H3,(H,22,23)/p-1. The minimum Gasteiger partial charge on any atom is -0.545 e. The number of benzene rings is 2. The number of nitrogens with zero attached hydrogens (tertiary/aromatic N) is 1. The summed E-state index contributed by atoms with van der Waals surface area (Å²) in [5.41, 5.74) is 2.12. The summed E-state index contributed by atoms with van der Waals surface area (Å²) >= 11 is 0. The highest BCUT2D eigenvalue weighted by Crippen LogP contribution is 2.32. The third kappa shape index (κ3) is 3.60. The Morgan fingerprint density at radius 2 is 1.65 bits per heavy atom. The molecule has 0 aliphatic rings. The van der Waals surface area contributed by atoms with E-state index in [0.29, 0.717) is 5.56 Å². The molecule has 2 aromatic rings. The Balaban J connectivity index is 2.69. The fourth-order valence-corrected chi connectivity index (χ4v) is 4.26. The van der Waals surface area contributed by atoms with Crippen LogP contribution in [0.5, 0.6) is 0 Å². The number of hydrogen-bond donors (Lipinski definition) is 0. The highest BCUT2D eigenvalue weighted by atomic mass is 32.2. The third-order valence-electron chi connectivity index (χ3n) is 4.59. The van der Waals surface area contributed by atoms with E-state index < -0.39 is 16.0 Å². The fourth-order valence-electron chi connectivity index (χ4n) is 2.73. The molecule has 0 bridgehead atoms. The van der Waals surface area contributed by atoms with Crippen LogP contribution < -0.4 is 9.41 Å². The van der Waals surface area contributed by atoms with E-state index in [1.54, 1.807) is 19.1 Å². The number of aromatic carboxylic acids is 1. The number of anilines is 1. The van der Waals surface area contributed by atoms with Crippen molar-refractivity contribution in [3.63, 3.8) is 0 Å². The molecule has 0 saturated heterocycles. The number of aryl methyl sites for hydroxylation is 1. The number of carboxylic acid groups (broad SMARTS) is 1. The van der Waals surface area contributed by atoms with Crippen molar-refractivity contribution >= 4 is 21.7 Å². The van der Waals surface area contributed by atoms with E-state index in [0.717, 1.165) is 15.4 Å². The van der Waals surface area contributed by atoms with Gasteiger partial charge in [-0.2, -0.15) is 0 Å². The maximum atomic E-state index is 13.3. The summed E-state index contributed by atoms with van der Waals surface area (Å²) in [6.07, 6.45) is 0. The fraction of sp³-hybridized carbons (Fsp3) is 0.350. The Kier molecular flexibility index (Phi) is 5.19. The van der Waals surface area contributed by atoms with Crippen LogP contribution >= 0.6 is 0 Å². The molecular formula is C20H24NO4S-. The first-order valence-electron chi connectivity index (χ1n) is 8.28. The van der Waals surface area contributed by atoms with Gasteiger partial charge in [0.25, 0.3) is 10.0 Å². The molecule has 0 atom stereocenters. The molecule has 0 N–H and O–H groups in total. The first kappa shape index (κ1) is 20.0. The van der Waals surface area contributed by atoms with E-state index >= 15 is 0 Å². The topological polar surface area (TPSA) is 77.5 Å². The Labute approximate surface area is 155 Å². The Bertz CT molecular complexity index is 956. The van der Waals surface area contributed by atoms with Crippen LogP contribution in [0, 0.1) is 13.8 Å². The predicted octanol–water partition coefficient (Wildman–Crippen LogP) is 2.79. The monoisotopic (exact) mass is 374 g/mol. The Morgan fingerprint density at radius 3 is 2.19 bits per heavy atom. The van der Waals surface area contributed by atoms with Crippen LogP contribution in [0.15, 0.2) is 41.3 Å². The number of sulfonamides is 1. The highest BCUT2D eigenvalue weighted by molar-refractivity contribution is 7.92. The average molecular weight is 374 g/mol. The van der Waals surface area contributed by atoms with E-state index in [2.05, 4.69) is 0 Å². The van der Waals surface area contributed by atoms with E-state index in [-0.39, 0.29) is 21.6 Å². The molecule has 6 heteroatoms. The lowest BCUT2D eigenvalue weighted by Crippen LogP contribution is -2.31. The van der Waals surface area contributed by atoms with Gasteiger partial charge >= 0.3 is 0 Å². The molecule has 5 nitrogen and oxygen atoms in total. The molecule has 0 heterocycles. The molecule has 0 unspecified atom stereocenters. The van der Waals surface area contributed by atoms with E-state index in [1.165, 1.54) is 25.2 Å². The Hall–Kier alpha value is -2.34. The highest BCUT2D eigenvalue weighted by Gasteiger charge is 2.28. The quantitative estimate of drug-likeness (QED) is 0.824. The van der Waals surface area contributed by atoms with Crippen LogP contribution in [0.1, 0.15) is 47.8 Å². The van der Waals surface area contributed by atoms with Crippen molar-refractivity contribution in [2.75, 3.05) is 11.4 Å². The number of hydrogen-bond acceptors (Lipinski definition) is 4. The van der Waals surface area contributed by atoms with Gasteiger partial charge in [0.1, 0.15) is 0 Å². The van der Waals surface area contributed by atoms with Crippen molar-refractivity contribution in [3.8, 4) is 0 Å². The average Bonchev–Trinajstić information content (AvgIpc) is 2.55. The summed E-state index contributed by atoms with van der Waals surface area (Å²) < 4.78 is 27.6. The number of rotatable bonds is 4. The molecular weight excluding hydrogens is 350 g/mol. The summed E-state index contributed by atoms with van der Waals surface area (Å²) in [6.45, 7) is 9.68. The van der Waals surface area contributed by atoms with Crippen LogP contribution in [-0.2, 0) is 15.4 Å². The number of para-hydroxylation sites is 1. The SMILES string of the molecule is Cc1cc(C(C)(C)C)cc(S(=O)(=O)N(C)c2ccccc2C(=O)[O-])c1C. The Morgan fingerprint density at radius 1 is 1.08 bits per heavy atom. The van der Waals surface area contributed by atoms with Gasteiger partial charge in [0.2, 0.25) is 0 Å². The summed E-state index contributed by atoms with van der Waals surface area (Å²) in [5, 5.41) is 11.4. The number of carbonyl (C=O) groups is 1. The molecule has 0 radical (unpaired) electrons. The van der Waals surface area contributed by atoms with Crippen LogP contribution in [0.2, 0.25) is 0 Å². The van der Waals surface area contributed by atoms with Crippen LogP contribution in [0.3, 0.4) is 0 Å². The van der Waals surface area contributed by atoms with Gasteiger partial charge in [-0.3, -0.25) is 4.31 Å². The van der Waals surface area contributed by atoms with E-state index in [1.807, 2.05) is 33.8 Å². The normalized spacial score (nSPS) is 12.1. The van der Waals surface area contributed by atoms with Crippen molar-refractivity contribution in [3.05, 3.63) is 58.7 Å². The first-order valence-corrected chi connectivity index (χ1v) is 9.72.